The van der Waals surface area contributed by atoms with Gasteiger partial charge in [-0.1, -0.05) is 12.1 Å². The molecule has 1 aromatic rings. The summed E-state index contributed by atoms with van der Waals surface area (Å²) < 4.78 is 5.19. The molecule has 1 aliphatic heterocycles. The molecule has 0 aliphatic carbocycles. The summed E-state index contributed by atoms with van der Waals surface area (Å²) in [6, 6.07) is 8.30. The van der Waals surface area contributed by atoms with E-state index in [0.717, 1.165) is 24.4 Å². The molecule has 2 rings (SSSR count). The van der Waals surface area contributed by atoms with Crippen molar-refractivity contribution >= 4 is 18.3 Å². The highest BCUT2D eigenvalue weighted by atomic mass is 35.5. The van der Waals surface area contributed by atoms with Gasteiger partial charge in [0.05, 0.1) is 13.5 Å². The Bertz CT molecular complexity index is 453. The van der Waals surface area contributed by atoms with Crippen LogP contribution in [0.2, 0.25) is 0 Å². The largest absolute Gasteiger partial charge is 0.497 e. The Labute approximate surface area is 126 Å². The zero-order valence-electron chi connectivity index (χ0n) is 12.3. The normalized spacial score (nSPS) is 22.1. The van der Waals surface area contributed by atoms with Crippen molar-refractivity contribution in [1.29, 1.82) is 0 Å². The average Bonchev–Trinajstić information content (AvgIpc) is 2.42. The van der Waals surface area contributed by atoms with Crippen molar-refractivity contribution < 1.29 is 9.53 Å². The summed E-state index contributed by atoms with van der Waals surface area (Å²) in [5.41, 5.74) is 1.00. The number of benzene rings is 1. The number of methoxy groups -OCH3 is 1. The van der Waals surface area contributed by atoms with Crippen LogP contribution in [0.15, 0.2) is 24.3 Å². The maximum absolute atomic E-state index is 12.4. The topological polar surface area (TPSA) is 41.6 Å². The number of hydrogen-bond donors (Lipinski definition) is 1. The Hall–Kier alpha value is -1.26. The summed E-state index contributed by atoms with van der Waals surface area (Å²) in [4.78, 5) is 14.4. The van der Waals surface area contributed by atoms with Gasteiger partial charge in [0.15, 0.2) is 0 Å². The first-order chi connectivity index (χ1) is 9.11. The molecule has 1 saturated heterocycles. The number of amides is 1. The lowest BCUT2D eigenvalue weighted by Crippen LogP contribution is -2.57. The lowest BCUT2D eigenvalue weighted by Gasteiger charge is -2.38. The molecule has 0 bridgehead atoms. The van der Waals surface area contributed by atoms with Crippen LogP contribution in [-0.2, 0) is 11.2 Å². The molecule has 1 aliphatic rings. The fourth-order valence-corrected chi connectivity index (χ4v) is 2.47. The molecule has 20 heavy (non-hydrogen) atoms. The summed E-state index contributed by atoms with van der Waals surface area (Å²) >= 11 is 0. The van der Waals surface area contributed by atoms with E-state index in [9.17, 15) is 4.79 Å². The number of piperazine rings is 1. The Morgan fingerprint density at radius 3 is 2.90 bits per heavy atom. The minimum atomic E-state index is 0. The molecule has 5 heteroatoms. The van der Waals surface area contributed by atoms with E-state index in [0.29, 0.717) is 12.5 Å². The van der Waals surface area contributed by atoms with Gasteiger partial charge in [0.1, 0.15) is 5.75 Å². The zero-order valence-corrected chi connectivity index (χ0v) is 13.1. The van der Waals surface area contributed by atoms with Crippen LogP contribution < -0.4 is 10.1 Å². The Kier molecular flexibility index (Phi) is 6.30. The molecule has 1 amide bonds. The van der Waals surface area contributed by atoms with Gasteiger partial charge in [-0.2, -0.15) is 0 Å². The average molecular weight is 299 g/mol. The predicted molar refractivity (Wildman–Crippen MR) is 82.6 cm³/mol. The molecule has 0 saturated carbocycles. The molecule has 0 aromatic heterocycles. The van der Waals surface area contributed by atoms with Crippen molar-refractivity contribution in [2.45, 2.75) is 32.4 Å². The van der Waals surface area contributed by atoms with Crippen LogP contribution in [0.5, 0.6) is 5.75 Å². The van der Waals surface area contributed by atoms with E-state index >= 15 is 0 Å². The highest BCUT2D eigenvalue weighted by molar-refractivity contribution is 5.85. The summed E-state index contributed by atoms with van der Waals surface area (Å²) in [7, 11) is 1.64. The third kappa shape index (κ3) is 3.87. The zero-order chi connectivity index (χ0) is 13.8. The van der Waals surface area contributed by atoms with Gasteiger partial charge in [0.2, 0.25) is 5.91 Å². The number of halogens is 1. The second kappa shape index (κ2) is 7.50. The van der Waals surface area contributed by atoms with Crippen molar-refractivity contribution in [3.8, 4) is 5.75 Å². The first kappa shape index (κ1) is 16.8. The van der Waals surface area contributed by atoms with Gasteiger partial charge in [-0.05, 0) is 31.5 Å². The Morgan fingerprint density at radius 1 is 1.45 bits per heavy atom. The SMILES string of the molecule is COc1cccc(CC(=O)N2CCNC(C)C2C)c1.Cl. The van der Waals surface area contributed by atoms with E-state index in [1.165, 1.54) is 0 Å². The molecule has 1 fully saturated rings. The highest BCUT2D eigenvalue weighted by Gasteiger charge is 2.27. The minimum Gasteiger partial charge on any atom is -0.497 e. The molecular weight excluding hydrogens is 276 g/mol. The van der Waals surface area contributed by atoms with Gasteiger partial charge in [0.25, 0.3) is 0 Å². The van der Waals surface area contributed by atoms with Crippen molar-refractivity contribution in [2.75, 3.05) is 20.2 Å². The van der Waals surface area contributed by atoms with Gasteiger partial charge in [-0.25, -0.2) is 0 Å². The Morgan fingerprint density at radius 2 is 2.20 bits per heavy atom. The van der Waals surface area contributed by atoms with Crippen molar-refractivity contribution in [3.05, 3.63) is 29.8 Å². The number of carbonyl (C=O) groups excluding carboxylic acids is 1. The fourth-order valence-electron chi connectivity index (χ4n) is 2.47. The Balaban J connectivity index is 0.00000200. The summed E-state index contributed by atoms with van der Waals surface area (Å²) in [6.45, 7) is 5.87. The van der Waals surface area contributed by atoms with Crippen LogP contribution in [0.3, 0.4) is 0 Å². The van der Waals surface area contributed by atoms with Crippen LogP contribution in [0, 0.1) is 0 Å². The molecule has 1 heterocycles. The number of carbonyl (C=O) groups is 1. The number of ether oxygens (including phenoxy) is 1. The van der Waals surface area contributed by atoms with E-state index in [1.54, 1.807) is 7.11 Å². The summed E-state index contributed by atoms with van der Waals surface area (Å²) in [5, 5.41) is 3.38. The molecule has 2 unspecified atom stereocenters. The van der Waals surface area contributed by atoms with Crippen LogP contribution >= 0.6 is 12.4 Å². The van der Waals surface area contributed by atoms with E-state index in [-0.39, 0.29) is 24.4 Å². The second-order valence-corrected chi connectivity index (χ2v) is 5.10. The lowest BCUT2D eigenvalue weighted by molar-refractivity contribution is -0.134. The number of hydrogen-bond acceptors (Lipinski definition) is 3. The van der Waals surface area contributed by atoms with Gasteiger partial charge < -0.3 is 15.0 Å². The quantitative estimate of drug-likeness (QED) is 0.926. The molecule has 1 N–H and O–H groups in total. The first-order valence-electron chi connectivity index (χ1n) is 6.77. The number of rotatable bonds is 3. The van der Waals surface area contributed by atoms with Crippen LogP contribution in [0.1, 0.15) is 19.4 Å². The maximum Gasteiger partial charge on any atom is 0.227 e. The van der Waals surface area contributed by atoms with Gasteiger partial charge in [0, 0.05) is 25.2 Å². The molecule has 1 aromatic carbocycles. The second-order valence-electron chi connectivity index (χ2n) is 5.10. The van der Waals surface area contributed by atoms with Gasteiger partial charge in [-0.15, -0.1) is 12.4 Å². The van der Waals surface area contributed by atoms with Gasteiger partial charge >= 0.3 is 0 Å². The van der Waals surface area contributed by atoms with E-state index in [1.807, 2.05) is 29.2 Å². The van der Waals surface area contributed by atoms with Crippen LogP contribution in [0.25, 0.3) is 0 Å². The minimum absolute atomic E-state index is 0. The highest BCUT2D eigenvalue weighted by Crippen LogP contribution is 2.16. The predicted octanol–water partition coefficient (Wildman–Crippen LogP) is 1.87. The maximum atomic E-state index is 12.4. The summed E-state index contributed by atoms with van der Waals surface area (Å²) in [6.07, 6.45) is 0.439. The fraction of sp³-hybridized carbons (Fsp3) is 0.533. The molecule has 0 spiro atoms. The molecule has 112 valence electrons. The van der Waals surface area contributed by atoms with E-state index in [4.69, 9.17) is 4.74 Å². The number of nitrogens with one attached hydrogen (secondary N) is 1. The smallest absolute Gasteiger partial charge is 0.227 e. The molecule has 0 radical (unpaired) electrons. The molecule has 2 atom stereocenters. The van der Waals surface area contributed by atoms with E-state index in [2.05, 4.69) is 19.2 Å². The third-order valence-electron chi connectivity index (χ3n) is 3.84. The van der Waals surface area contributed by atoms with Crippen LogP contribution in [0.4, 0.5) is 0 Å². The van der Waals surface area contributed by atoms with Crippen LogP contribution in [-0.4, -0.2) is 43.1 Å². The number of nitrogens with zero attached hydrogens (tertiary/aromatic N) is 1. The van der Waals surface area contributed by atoms with Crippen molar-refractivity contribution in [1.82, 2.24) is 10.2 Å². The summed E-state index contributed by atoms with van der Waals surface area (Å²) in [5.74, 6) is 0.987. The van der Waals surface area contributed by atoms with Gasteiger partial charge in [-0.3, -0.25) is 4.79 Å². The molecule has 4 nitrogen and oxygen atoms in total. The van der Waals surface area contributed by atoms with E-state index < -0.39 is 0 Å². The first-order valence-corrected chi connectivity index (χ1v) is 6.77. The van der Waals surface area contributed by atoms with Crippen molar-refractivity contribution in [2.24, 2.45) is 0 Å². The lowest BCUT2D eigenvalue weighted by atomic mass is 10.0. The van der Waals surface area contributed by atoms with Crippen molar-refractivity contribution in [3.63, 3.8) is 0 Å². The third-order valence-corrected chi connectivity index (χ3v) is 3.84. The monoisotopic (exact) mass is 298 g/mol. The molecular formula is C15H23ClN2O2. The standard InChI is InChI=1S/C15H22N2O2.ClH/c1-11-12(2)17(8-7-16-11)15(18)10-13-5-4-6-14(9-13)19-3;/h4-6,9,11-12,16H,7-8,10H2,1-3H3;1H.